The molecule has 1 aromatic rings. The molecule has 142 valence electrons. The number of furan rings is 1. The normalized spacial score (nSPS) is 17.2. The van der Waals surface area contributed by atoms with E-state index in [1.807, 2.05) is 12.1 Å². The Morgan fingerprint density at radius 2 is 2.20 bits per heavy atom. The number of hydrogen-bond donors (Lipinski definition) is 2. The third-order valence-corrected chi connectivity index (χ3v) is 4.40. The van der Waals surface area contributed by atoms with Gasteiger partial charge in [0.05, 0.1) is 12.9 Å². The molecular weight excluding hydrogens is 316 g/mol. The molecule has 25 heavy (non-hydrogen) atoms. The van der Waals surface area contributed by atoms with Crippen molar-refractivity contribution in [1.29, 1.82) is 0 Å². The van der Waals surface area contributed by atoms with E-state index in [9.17, 15) is 0 Å². The van der Waals surface area contributed by atoms with Gasteiger partial charge in [0.15, 0.2) is 5.96 Å². The minimum absolute atomic E-state index is 0.487. The maximum atomic E-state index is 5.39. The van der Waals surface area contributed by atoms with E-state index in [2.05, 4.69) is 29.4 Å². The van der Waals surface area contributed by atoms with Gasteiger partial charge >= 0.3 is 0 Å². The smallest absolute Gasteiger partial charge is 0.191 e. The molecule has 2 rings (SSSR count). The summed E-state index contributed by atoms with van der Waals surface area (Å²) in [6.45, 7) is 10.1. The fraction of sp³-hybridized carbons (Fsp3) is 0.737. The number of ether oxygens (including phenoxy) is 1. The van der Waals surface area contributed by atoms with Gasteiger partial charge in [-0.15, -0.1) is 0 Å². The zero-order chi connectivity index (χ0) is 17.9. The maximum Gasteiger partial charge on any atom is 0.191 e. The number of methoxy groups -OCH3 is 1. The van der Waals surface area contributed by atoms with Crippen LogP contribution in [0.1, 0.15) is 32.4 Å². The molecule has 1 aromatic heterocycles. The lowest BCUT2D eigenvalue weighted by molar-refractivity contribution is 0.128. The van der Waals surface area contributed by atoms with Crippen LogP contribution in [0, 0.1) is 5.92 Å². The molecule has 1 aliphatic heterocycles. The molecule has 1 saturated heterocycles. The van der Waals surface area contributed by atoms with Crippen molar-refractivity contribution >= 4 is 5.96 Å². The molecule has 0 bridgehead atoms. The number of nitrogens with one attached hydrogen (secondary N) is 2. The molecular formula is C19H34N4O2. The number of piperidine rings is 1. The summed E-state index contributed by atoms with van der Waals surface area (Å²) < 4.78 is 10.6. The summed E-state index contributed by atoms with van der Waals surface area (Å²) in [7, 11) is 1.76. The van der Waals surface area contributed by atoms with Crippen molar-refractivity contribution in [3.8, 4) is 0 Å². The van der Waals surface area contributed by atoms with Gasteiger partial charge in [-0.1, -0.05) is 13.8 Å². The molecule has 0 spiro atoms. The molecule has 1 fully saturated rings. The molecule has 2 N–H and O–H groups in total. The van der Waals surface area contributed by atoms with E-state index in [1.165, 1.54) is 0 Å². The van der Waals surface area contributed by atoms with Crippen LogP contribution in [0.5, 0.6) is 0 Å². The Labute approximate surface area is 152 Å². The fourth-order valence-electron chi connectivity index (χ4n) is 2.90. The molecule has 0 unspecified atom stereocenters. The summed E-state index contributed by atoms with van der Waals surface area (Å²) in [6.07, 6.45) is 4.87. The van der Waals surface area contributed by atoms with Crippen molar-refractivity contribution < 1.29 is 9.15 Å². The topological polar surface area (TPSA) is 62.0 Å². The van der Waals surface area contributed by atoms with Gasteiger partial charge in [-0.05, 0) is 30.9 Å². The van der Waals surface area contributed by atoms with Crippen LogP contribution in [-0.4, -0.2) is 63.3 Å². The Kier molecular flexibility index (Phi) is 8.83. The maximum absolute atomic E-state index is 5.39. The van der Waals surface area contributed by atoms with Crippen molar-refractivity contribution in [3.63, 3.8) is 0 Å². The Bertz CT molecular complexity index is 480. The van der Waals surface area contributed by atoms with E-state index < -0.39 is 0 Å². The molecule has 0 aromatic carbocycles. The SMILES string of the molecule is COCCN1CCC(NC(=NCC(C)C)NCCc2ccco2)CC1. The summed E-state index contributed by atoms with van der Waals surface area (Å²) in [4.78, 5) is 7.20. The van der Waals surface area contributed by atoms with Gasteiger partial charge in [-0.2, -0.15) is 0 Å². The van der Waals surface area contributed by atoms with Gasteiger partial charge in [0, 0.05) is 52.3 Å². The van der Waals surface area contributed by atoms with Crippen LogP contribution in [0.2, 0.25) is 0 Å². The van der Waals surface area contributed by atoms with Crippen LogP contribution in [0.15, 0.2) is 27.8 Å². The molecule has 0 saturated carbocycles. The largest absolute Gasteiger partial charge is 0.469 e. The number of hydrogen-bond acceptors (Lipinski definition) is 4. The van der Waals surface area contributed by atoms with Gasteiger partial charge in [-0.25, -0.2) is 0 Å². The molecule has 0 radical (unpaired) electrons. The number of rotatable bonds is 9. The summed E-state index contributed by atoms with van der Waals surface area (Å²) in [5, 5.41) is 7.07. The Morgan fingerprint density at radius 3 is 2.84 bits per heavy atom. The average Bonchev–Trinajstić information content (AvgIpc) is 3.12. The van der Waals surface area contributed by atoms with Gasteiger partial charge < -0.3 is 24.7 Å². The zero-order valence-electron chi connectivity index (χ0n) is 16.0. The van der Waals surface area contributed by atoms with E-state index in [0.717, 1.165) is 70.3 Å². The predicted molar refractivity (Wildman–Crippen MR) is 102 cm³/mol. The van der Waals surface area contributed by atoms with Crippen molar-refractivity contribution in [2.24, 2.45) is 10.9 Å². The monoisotopic (exact) mass is 350 g/mol. The molecule has 6 heteroatoms. The fourth-order valence-corrected chi connectivity index (χ4v) is 2.90. The first-order valence-electron chi connectivity index (χ1n) is 9.46. The lowest BCUT2D eigenvalue weighted by Gasteiger charge is -2.33. The van der Waals surface area contributed by atoms with E-state index >= 15 is 0 Å². The zero-order valence-corrected chi connectivity index (χ0v) is 16.0. The third kappa shape index (κ3) is 7.92. The van der Waals surface area contributed by atoms with Gasteiger partial charge in [0.25, 0.3) is 0 Å². The second-order valence-electron chi connectivity index (χ2n) is 7.09. The van der Waals surface area contributed by atoms with Gasteiger partial charge in [-0.3, -0.25) is 4.99 Å². The lowest BCUT2D eigenvalue weighted by Crippen LogP contribution is -2.49. The van der Waals surface area contributed by atoms with Crippen LogP contribution in [-0.2, 0) is 11.2 Å². The van der Waals surface area contributed by atoms with Crippen LogP contribution in [0.25, 0.3) is 0 Å². The highest BCUT2D eigenvalue weighted by molar-refractivity contribution is 5.80. The first-order chi connectivity index (χ1) is 12.2. The first kappa shape index (κ1) is 19.8. The highest BCUT2D eigenvalue weighted by Gasteiger charge is 2.19. The van der Waals surface area contributed by atoms with E-state index in [-0.39, 0.29) is 0 Å². The second-order valence-corrected chi connectivity index (χ2v) is 7.09. The van der Waals surface area contributed by atoms with E-state index in [0.29, 0.717) is 12.0 Å². The van der Waals surface area contributed by atoms with E-state index in [1.54, 1.807) is 13.4 Å². The van der Waals surface area contributed by atoms with Gasteiger partial charge in [0.2, 0.25) is 0 Å². The quantitative estimate of drug-likeness (QED) is 0.528. The lowest BCUT2D eigenvalue weighted by atomic mass is 10.1. The molecule has 0 atom stereocenters. The number of likely N-dealkylation sites (tertiary alicyclic amines) is 1. The number of aliphatic imine (C=N–C) groups is 1. The highest BCUT2D eigenvalue weighted by Crippen LogP contribution is 2.10. The number of nitrogens with zero attached hydrogens (tertiary/aromatic N) is 2. The Balaban J connectivity index is 1.76. The van der Waals surface area contributed by atoms with Crippen molar-refractivity contribution in [1.82, 2.24) is 15.5 Å². The number of guanidine groups is 1. The first-order valence-corrected chi connectivity index (χ1v) is 9.46. The van der Waals surface area contributed by atoms with Crippen molar-refractivity contribution in [3.05, 3.63) is 24.2 Å². The summed E-state index contributed by atoms with van der Waals surface area (Å²) in [5.41, 5.74) is 0. The minimum Gasteiger partial charge on any atom is -0.469 e. The Hall–Kier alpha value is -1.53. The Morgan fingerprint density at radius 1 is 1.40 bits per heavy atom. The highest BCUT2D eigenvalue weighted by atomic mass is 16.5. The van der Waals surface area contributed by atoms with Crippen molar-refractivity contribution in [2.45, 2.75) is 39.2 Å². The van der Waals surface area contributed by atoms with Crippen LogP contribution in [0.4, 0.5) is 0 Å². The molecule has 6 nitrogen and oxygen atoms in total. The summed E-state index contributed by atoms with van der Waals surface area (Å²) in [6, 6.07) is 4.43. The van der Waals surface area contributed by atoms with Crippen LogP contribution >= 0.6 is 0 Å². The average molecular weight is 351 g/mol. The van der Waals surface area contributed by atoms with Crippen LogP contribution in [0.3, 0.4) is 0 Å². The molecule has 2 heterocycles. The molecule has 0 aliphatic carbocycles. The minimum atomic E-state index is 0.487. The third-order valence-electron chi connectivity index (χ3n) is 4.40. The van der Waals surface area contributed by atoms with Crippen LogP contribution < -0.4 is 10.6 Å². The van der Waals surface area contributed by atoms with E-state index in [4.69, 9.17) is 14.1 Å². The predicted octanol–water partition coefficient (Wildman–Crippen LogP) is 2.12. The molecule has 1 aliphatic rings. The molecule has 0 amide bonds. The van der Waals surface area contributed by atoms with Crippen molar-refractivity contribution in [2.75, 3.05) is 46.4 Å². The summed E-state index contributed by atoms with van der Waals surface area (Å²) >= 11 is 0. The summed E-state index contributed by atoms with van der Waals surface area (Å²) in [5.74, 6) is 2.48. The standard InChI is InChI=1S/C19H34N4O2/c1-16(2)15-21-19(20-9-6-18-5-4-13-25-18)22-17-7-10-23(11-8-17)12-14-24-3/h4-5,13,16-17H,6-12,14-15H2,1-3H3,(H2,20,21,22). The second kappa shape index (κ2) is 11.2. The van der Waals surface area contributed by atoms with Gasteiger partial charge in [0.1, 0.15) is 5.76 Å².